The molecule has 0 saturated carbocycles. The van der Waals surface area contributed by atoms with E-state index in [2.05, 4.69) is 11.1 Å². The third-order valence-corrected chi connectivity index (χ3v) is 2.89. The molecular formula is C18H12N2O2. The number of rotatable bonds is 4. The highest BCUT2D eigenvalue weighted by molar-refractivity contribution is 5.42. The van der Waals surface area contributed by atoms with Gasteiger partial charge in [0.25, 0.3) is 0 Å². The van der Waals surface area contributed by atoms with E-state index in [1.54, 1.807) is 30.5 Å². The molecule has 0 unspecified atom stereocenters. The Balaban J connectivity index is 1.81. The Kier molecular flexibility index (Phi) is 3.98. The van der Waals surface area contributed by atoms with Crippen LogP contribution in [0.4, 0.5) is 0 Å². The van der Waals surface area contributed by atoms with Crippen molar-refractivity contribution in [3.05, 3.63) is 78.5 Å². The van der Waals surface area contributed by atoms with Crippen molar-refractivity contribution in [1.29, 1.82) is 5.26 Å². The molecule has 0 aliphatic rings. The molecule has 0 atom stereocenters. The van der Waals surface area contributed by atoms with Gasteiger partial charge in [-0.2, -0.15) is 5.26 Å². The van der Waals surface area contributed by atoms with Crippen LogP contribution in [0, 0.1) is 11.3 Å². The molecule has 0 saturated heterocycles. The van der Waals surface area contributed by atoms with E-state index in [1.165, 1.54) is 0 Å². The molecule has 22 heavy (non-hydrogen) atoms. The maximum absolute atomic E-state index is 9.05. The first kappa shape index (κ1) is 13.7. The summed E-state index contributed by atoms with van der Waals surface area (Å²) in [5, 5.41) is 9.05. The van der Waals surface area contributed by atoms with Crippen LogP contribution in [0.5, 0.6) is 23.1 Å². The van der Waals surface area contributed by atoms with Crippen molar-refractivity contribution in [2.75, 3.05) is 0 Å². The first-order valence-electron chi connectivity index (χ1n) is 6.71. The number of aromatic nitrogens is 1. The summed E-state index contributed by atoms with van der Waals surface area (Å²) < 4.78 is 11.4. The van der Waals surface area contributed by atoms with Crippen molar-refractivity contribution in [3.63, 3.8) is 0 Å². The lowest BCUT2D eigenvalue weighted by Gasteiger charge is -2.09. The quantitative estimate of drug-likeness (QED) is 0.707. The minimum atomic E-state index is 0.280. The standard InChI is InChI=1S/C18H12N2O2/c19-13-14-6-5-11-20-18(14)22-17-10-4-9-16(12-17)21-15-7-2-1-3-8-15/h1-12H. The van der Waals surface area contributed by atoms with Gasteiger partial charge in [0.05, 0.1) is 0 Å². The number of pyridine rings is 1. The van der Waals surface area contributed by atoms with Crippen molar-refractivity contribution >= 4 is 0 Å². The minimum absolute atomic E-state index is 0.280. The minimum Gasteiger partial charge on any atom is -0.457 e. The SMILES string of the molecule is N#Cc1cccnc1Oc1cccc(Oc2ccccc2)c1. The molecule has 0 fully saturated rings. The molecule has 0 radical (unpaired) electrons. The molecule has 0 aliphatic carbocycles. The maximum Gasteiger partial charge on any atom is 0.237 e. The summed E-state index contributed by atoms with van der Waals surface area (Å²) in [5.74, 6) is 2.24. The summed E-state index contributed by atoms with van der Waals surface area (Å²) in [6.45, 7) is 0. The second kappa shape index (κ2) is 6.42. The van der Waals surface area contributed by atoms with Crippen LogP contribution in [0.2, 0.25) is 0 Å². The number of hydrogen-bond donors (Lipinski definition) is 0. The van der Waals surface area contributed by atoms with Crippen LogP contribution in [0.25, 0.3) is 0 Å². The van der Waals surface area contributed by atoms with Crippen molar-refractivity contribution < 1.29 is 9.47 Å². The zero-order valence-corrected chi connectivity index (χ0v) is 11.6. The van der Waals surface area contributed by atoms with Gasteiger partial charge in [0.2, 0.25) is 5.88 Å². The Labute approximate surface area is 128 Å². The molecule has 0 amide bonds. The summed E-state index contributed by atoms with van der Waals surface area (Å²) in [6, 6.07) is 22.1. The fraction of sp³-hybridized carbons (Fsp3) is 0. The van der Waals surface area contributed by atoms with Crippen LogP contribution in [0.15, 0.2) is 72.9 Å². The Morgan fingerprint density at radius 2 is 1.50 bits per heavy atom. The second-order valence-electron chi connectivity index (χ2n) is 4.46. The molecular weight excluding hydrogens is 276 g/mol. The lowest BCUT2D eigenvalue weighted by atomic mass is 10.3. The van der Waals surface area contributed by atoms with E-state index in [1.807, 2.05) is 42.5 Å². The number of para-hydroxylation sites is 1. The number of ether oxygens (including phenoxy) is 2. The molecule has 1 aromatic heterocycles. The summed E-state index contributed by atoms with van der Waals surface area (Å²) in [6.07, 6.45) is 1.58. The summed E-state index contributed by atoms with van der Waals surface area (Å²) in [7, 11) is 0. The summed E-state index contributed by atoms with van der Waals surface area (Å²) >= 11 is 0. The Hall–Kier alpha value is -3.32. The second-order valence-corrected chi connectivity index (χ2v) is 4.46. The lowest BCUT2D eigenvalue weighted by Crippen LogP contribution is -1.91. The molecule has 0 N–H and O–H groups in total. The number of nitrogens with zero attached hydrogens (tertiary/aromatic N) is 2. The van der Waals surface area contributed by atoms with Crippen molar-refractivity contribution in [2.45, 2.75) is 0 Å². The van der Waals surface area contributed by atoms with E-state index in [0.29, 0.717) is 17.1 Å². The Bertz CT molecular complexity index is 811. The normalized spacial score (nSPS) is 9.77. The van der Waals surface area contributed by atoms with Crippen LogP contribution in [0.1, 0.15) is 5.56 Å². The molecule has 0 bridgehead atoms. The zero-order chi connectivity index (χ0) is 15.2. The third-order valence-electron chi connectivity index (χ3n) is 2.89. The summed E-state index contributed by atoms with van der Waals surface area (Å²) in [4.78, 5) is 4.07. The topological polar surface area (TPSA) is 55.1 Å². The maximum atomic E-state index is 9.05. The largest absolute Gasteiger partial charge is 0.457 e. The zero-order valence-electron chi connectivity index (χ0n) is 11.6. The Morgan fingerprint density at radius 3 is 2.27 bits per heavy atom. The monoisotopic (exact) mass is 288 g/mol. The van der Waals surface area contributed by atoms with Crippen LogP contribution in [0.3, 0.4) is 0 Å². The van der Waals surface area contributed by atoms with Gasteiger partial charge in [0.1, 0.15) is 28.9 Å². The van der Waals surface area contributed by atoms with E-state index >= 15 is 0 Å². The van der Waals surface area contributed by atoms with Gasteiger partial charge in [-0.1, -0.05) is 24.3 Å². The Morgan fingerprint density at radius 1 is 0.773 bits per heavy atom. The molecule has 2 aromatic carbocycles. The van der Waals surface area contributed by atoms with E-state index in [9.17, 15) is 0 Å². The number of nitriles is 1. The fourth-order valence-corrected chi connectivity index (χ4v) is 1.89. The highest BCUT2D eigenvalue weighted by atomic mass is 16.5. The summed E-state index contributed by atoms with van der Waals surface area (Å²) in [5.41, 5.74) is 0.386. The molecule has 3 rings (SSSR count). The lowest BCUT2D eigenvalue weighted by molar-refractivity contribution is 0.448. The van der Waals surface area contributed by atoms with Gasteiger partial charge in [0.15, 0.2) is 0 Å². The molecule has 0 spiro atoms. The van der Waals surface area contributed by atoms with E-state index in [4.69, 9.17) is 14.7 Å². The van der Waals surface area contributed by atoms with Gasteiger partial charge in [-0.3, -0.25) is 0 Å². The van der Waals surface area contributed by atoms with Crippen LogP contribution >= 0.6 is 0 Å². The molecule has 4 nitrogen and oxygen atoms in total. The molecule has 106 valence electrons. The molecule has 1 heterocycles. The predicted molar refractivity (Wildman–Crippen MR) is 82.0 cm³/mol. The van der Waals surface area contributed by atoms with Crippen molar-refractivity contribution in [3.8, 4) is 29.2 Å². The van der Waals surface area contributed by atoms with E-state index in [-0.39, 0.29) is 5.88 Å². The van der Waals surface area contributed by atoms with Crippen LogP contribution in [-0.2, 0) is 0 Å². The number of benzene rings is 2. The smallest absolute Gasteiger partial charge is 0.237 e. The third kappa shape index (κ3) is 3.22. The van der Waals surface area contributed by atoms with E-state index in [0.717, 1.165) is 5.75 Å². The van der Waals surface area contributed by atoms with Gasteiger partial charge >= 0.3 is 0 Å². The van der Waals surface area contributed by atoms with Gasteiger partial charge in [-0.05, 0) is 36.4 Å². The average Bonchev–Trinajstić information content (AvgIpc) is 2.57. The molecule has 0 aliphatic heterocycles. The highest BCUT2D eigenvalue weighted by Gasteiger charge is 2.06. The van der Waals surface area contributed by atoms with E-state index < -0.39 is 0 Å². The van der Waals surface area contributed by atoms with Gasteiger partial charge < -0.3 is 9.47 Å². The first-order valence-corrected chi connectivity index (χ1v) is 6.71. The first-order chi connectivity index (χ1) is 10.8. The average molecular weight is 288 g/mol. The van der Waals surface area contributed by atoms with Crippen molar-refractivity contribution in [1.82, 2.24) is 4.98 Å². The van der Waals surface area contributed by atoms with Crippen LogP contribution < -0.4 is 9.47 Å². The van der Waals surface area contributed by atoms with Gasteiger partial charge in [0, 0.05) is 12.3 Å². The van der Waals surface area contributed by atoms with Gasteiger partial charge in [-0.25, -0.2) is 4.98 Å². The molecule has 3 aromatic rings. The van der Waals surface area contributed by atoms with Crippen molar-refractivity contribution in [2.24, 2.45) is 0 Å². The van der Waals surface area contributed by atoms with Crippen LogP contribution in [-0.4, -0.2) is 4.98 Å². The molecule has 4 heteroatoms. The highest BCUT2D eigenvalue weighted by Crippen LogP contribution is 2.28. The van der Waals surface area contributed by atoms with Gasteiger partial charge in [-0.15, -0.1) is 0 Å². The number of hydrogen-bond acceptors (Lipinski definition) is 4. The fourth-order valence-electron chi connectivity index (χ4n) is 1.89. The predicted octanol–water partition coefficient (Wildman–Crippen LogP) is 4.54.